The van der Waals surface area contributed by atoms with E-state index in [2.05, 4.69) is 4.98 Å². The largest absolute Gasteiger partial charge is 0.494 e. The molecule has 0 unspecified atom stereocenters. The van der Waals surface area contributed by atoms with Crippen molar-refractivity contribution < 1.29 is 18.8 Å². The summed E-state index contributed by atoms with van der Waals surface area (Å²) < 4.78 is 24.7. The highest BCUT2D eigenvalue weighted by molar-refractivity contribution is 5.78. The zero-order valence-electron chi connectivity index (χ0n) is 14.8. The molecular formula is C20H17FN2O4. The molecule has 0 saturated heterocycles. The van der Waals surface area contributed by atoms with Gasteiger partial charge in [-0.2, -0.15) is 0 Å². The molecule has 6 nitrogen and oxygen atoms in total. The molecule has 0 aliphatic carbocycles. The number of aryl methyl sites for hydroxylation is 1. The van der Waals surface area contributed by atoms with Crippen LogP contribution < -0.4 is 9.47 Å². The maximum Gasteiger partial charge on any atom is 0.338 e. The lowest BCUT2D eigenvalue weighted by Gasteiger charge is -2.12. The molecule has 1 heterocycles. The van der Waals surface area contributed by atoms with E-state index in [-0.39, 0.29) is 29.5 Å². The lowest BCUT2D eigenvalue weighted by atomic mass is 9.99. The third kappa shape index (κ3) is 3.87. The van der Waals surface area contributed by atoms with Gasteiger partial charge >= 0.3 is 5.69 Å². The average Bonchev–Trinajstić information content (AvgIpc) is 2.68. The number of hydrogen-bond donors (Lipinski definition) is 0. The summed E-state index contributed by atoms with van der Waals surface area (Å²) in [6.45, 7) is 1.86. The van der Waals surface area contributed by atoms with Crippen molar-refractivity contribution >= 4 is 5.69 Å². The number of pyridine rings is 1. The van der Waals surface area contributed by atoms with Gasteiger partial charge in [-0.1, -0.05) is 30.3 Å². The third-order valence-electron chi connectivity index (χ3n) is 4.08. The van der Waals surface area contributed by atoms with Gasteiger partial charge in [-0.15, -0.1) is 0 Å². The van der Waals surface area contributed by atoms with E-state index in [9.17, 15) is 14.5 Å². The smallest absolute Gasteiger partial charge is 0.338 e. The molecule has 0 saturated carbocycles. The Morgan fingerprint density at radius 2 is 1.89 bits per heavy atom. The Hall–Kier alpha value is -3.48. The first-order chi connectivity index (χ1) is 13.0. The van der Waals surface area contributed by atoms with E-state index < -0.39 is 10.7 Å². The molecule has 0 aliphatic heterocycles. The number of ether oxygens (including phenoxy) is 2. The van der Waals surface area contributed by atoms with Gasteiger partial charge in [0.15, 0.2) is 11.6 Å². The van der Waals surface area contributed by atoms with Crippen molar-refractivity contribution in [2.24, 2.45) is 0 Å². The summed E-state index contributed by atoms with van der Waals surface area (Å²) in [5.41, 5.74) is 1.80. The van der Waals surface area contributed by atoms with Crippen LogP contribution in [-0.4, -0.2) is 17.0 Å². The number of aromatic nitrogens is 1. The molecule has 0 bridgehead atoms. The SMILES string of the molecule is COc1cc(C)c(-c2ccnc(OCc3ccccc3)c2[N+](=O)[O-])cc1F. The highest BCUT2D eigenvalue weighted by Gasteiger charge is 2.25. The van der Waals surface area contributed by atoms with Gasteiger partial charge in [-0.05, 0) is 41.8 Å². The van der Waals surface area contributed by atoms with Gasteiger partial charge < -0.3 is 9.47 Å². The fourth-order valence-electron chi connectivity index (χ4n) is 2.76. The fourth-order valence-corrected chi connectivity index (χ4v) is 2.76. The van der Waals surface area contributed by atoms with E-state index in [0.717, 1.165) is 5.56 Å². The maximum atomic E-state index is 14.2. The number of benzene rings is 2. The van der Waals surface area contributed by atoms with E-state index in [4.69, 9.17) is 9.47 Å². The molecule has 0 radical (unpaired) electrons. The van der Waals surface area contributed by atoms with Gasteiger partial charge in [-0.25, -0.2) is 9.37 Å². The molecule has 138 valence electrons. The minimum absolute atomic E-state index is 0.0773. The zero-order valence-corrected chi connectivity index (χ0v) is 14.8. The van der Waals surface area contributed by atoms with E-state index in [1.807, 2.05) is 30.3 Å². The highest BCUT2D eigenvalue weighted by Crippen LogP contribution is 2.39. The van der Waals surface area contributed by atoms with Gasteiger partial charge in [0.25, 0.3) is 5.88 Å². The third-order valence-corrected chi connectivity index (χ3v) is 4.08. The van der Waals surface area contributed by atoms with Crippen molar-refractivity contribution in [2.75, 3.05) is 7.11 Å². The molecule has 7 heteroatoms. The molecule has 0 spiro atoms. The summed E-state index contributed by atoms with van der Waals surface area (Å²) in [6.07, 6.45) is 1.41. The highest BCUT2D eigenvalue weighted by atomic mass is 19.1. The Morgan fingerprint density at radius 3 is 2.56 bits per heavy atom. The van der Waals surface area contributed by atoms with E-state index in [1.165, 1.54) is 31.5 Å². The van der Waals surface area contributed by atoms with Gasteiger partial charge in [0.05, 0.1) is 17.6 Å². The second-order valence-electron chi connectivity index (χ2n) is 5.85. The number of nitro groups is 1. The quantitative estimate of drug-likeness (QED) is 0.466. The summed E-state index contributed by atoms with van der Waals surface area (Å²) >= 11 is 0. The van der Waals surface area contributed by atoms with Gasteiger partial charge in [0, 0.05) is 6.20 Å². The number of methoxy groups -OCH3 is 1. The van der Waals surface area contributed by atoms with Crippen molar-refractivity contribution in [3.8, 4) is 22.8 Å². The molecule has 2 aromatic carbocycles. The normalized spacial score (nSPS) is 10.5. The predicted molar refractivity (Wildman–Crippen MR) is 98.3 cm³/mol. The Labute approximate surface area is 155 Å². The number of rotatable bonds is 6. The summed E-state index contributed by atoms with van der Waals surface area (Å²) in [7, 11) is 1.36. The number of hydrogen-bond acceptors (Lipinski definition) is 5. The van der Waals surface area contributed by atoms with Crippen LogP contribution in [0.15, 0.2) is 54.7 Å². The summed E-state index contributed by atoms with van der Waals surface area (Å²) in [4.78, 5) is 15.2. The first-order valence-corrected chi connectivity index (χ1v) is 8.16. The molecule has 0 N–H and O–H groups in total. The first kappa shape index (κ1) is 18.3. The summed E-state index contributed by atoms with van der Waals surface area (Å²) in [5.74, 6) is -0.638. The molecule has 27 heavy (non-hydrogen) atoms. The van der Waals surface area contributed by atoms with Crippen LogP contribution in [0.5, 0.6) is 11.6 Å². The summed E-state index contributed by atoms with van der Waals surface area (Å²) in [5, 5.41) is 11.7. The van der Waals surface area contributed by atoms with E-state index in [0.29, 0.717) is 11.1 Å². The van der Waals surface area contributed by atoms with E-state index in [1.54, 1.807) is 6.92 Å². The minimum Gasteiger partial charge on any atom is -0.494 e. The van der Waals surface area contributed by atoms with Crippen molar-refractivity contribution in [1.29, 1.82) is 0 Å². The lowest BCUT2D eigenvalue weighted by molar-refractivity contribution is -0.385. The average molecular weight is 368 g/mol. The monoisotopic (exact) mass is 368 g/mol. The Bertz CT molecular complexity index is 977. The van der Waals surface area contributed by atoms with Gasteiger partial charge in [0.1, 0.15) is 6.61 Å². The van der Waals surface area contributed by atoms with Crippen molar-refractivity contribution in [3.63, 3.8) is 0 Å². The molecule has 0 atom stereocenters. The predicted octanol–water partition coefficient (Wildman–Crippen LogP) is 4.69. The van der Waals surface area contributed by atoms with Gasteiger partial charge in [0.2, 0.25) is 0 Å². The van der Waals surface area contributed by atoms with Crippen LogP contribution in [-0.2, 0) is 6.61 Å². The molecule has 0 amide bonds. The van der Waals surface area contributed by atoms with Crippen LogP contribution in [0, 0.1) is 22.9 Å². The molecule has 3 aromatic rings. The maximum absolute atomic E-state index is 14.2. The Morgan fingerprint density at radius 1 is 1.15 bits per heavy atom. The van der Waals surface area contributed by atoms with Crippen LogP contribution in [0.2, 0.25) is 0 Å². The van der Waals surface area contributed by atoms with Gasteiger partial charge in [-0.3, -0.25) is 10.1 Å². The standard InChI is InChI=1S/C20H17FN2O4/c1-13-10-18(26-2)17(21)11-16(13)15-8-9-22-20(19(15)23(24)25)27-12-14-6-4-3-5-7-14/h3-11H,12H2,1-2H3. The Kier molecular flexibility index (Phi) is 5.30. The first-order valence-electron chi connectivity index (χ1n) is 8.16. The Balaban J connectivity index is 2.04. The lowest BCUT2D eigenvalue weighted by Crippen LogP contribution is -2.03. The summed E-state index contributed by atoms with van der Waals surface area (Å²) in [6, 6.07) is 13.4. The zero-order chi connectivity index (χ0) is 19.4. The van der Waals surface area contributed by atoms with Crippen molar-refractivity contribution in [1.82, 2.24) is 4.98 Å². The molecular weight excluding hydrogens is 351 g/mol. The van der Waals surface area contributed by atoms with Crippen molar-refractivity contribution in [2.45, 2.75) is 13.5 Å². The minimum atomic E-state index is -0.601. The molecule has 0 fully saturated rings. The second-order valence-corrected chi connectivity index (χ2v) is 5.85. The van der Waals surface area contributed by atoms with Crippen LogP contribution in [0.25, 0.3) is 11.1 Å². The van der Waals surface area contributed by atoms with E-state index >= 15 is 0 Å². The van der Waals surface area contributed by atoms with Crippen LogP contribution in [0.3, 0.4) is 0 Å². The van der Waals surface area contributed by atoms with Crippen LogP contribution >= 0.6 is 0 Å². The van der Waals surface area contributed by atoms with Crippen molar-refractivity contribution in [3.05, 3.63) is 81.8 Å². The molecule has 0 aliphatic rings. The number of halogens is 1. The molecule has 3 rings (SSSR count). The second kappa shape index (κ2) is 7.82. The topological polar surface area (TPSA) is 74.5 Å². The fraction of sp³-hybridized carbons (Fsp3) is 0.150. The van der Waals surface area contributed by atoms with Crippen LogP contribution in [0.1, 0.15) is 11.1 Å². The number of nitrogens with zero attached hydrogens (tertiary/aromatic N) is 2. The van der Waals surface area contributed by atoms with Crippen LogP contribution in [0.4, 0.5) is 10.1 Å². The molecule has 1 aromatic heterocycles.